The molecule has 0 radical (unpaired) electrons. The van der Waals surface area contributed by atoms with Gasteiger partial charge in [0.25, 0.3) is 0 Å². The molecule has 1 aliphatic rings. The van der Waals surface area contributed by atoms with Crippen LogP contribution in [0.25, 0.3) is 0 Å². The standard InChI is InChI=1S/C11H17NOS/c1-11(12,7-13)10-6-8-4-2-3-5-9(8)14-10/h6,13H,2-5,7,12H2,1H3. The van der Waals surface area contributed by atoms with Crippen LogP contribution in [0.15, 0.2) is 6.07 Å². The van der Waals surface area contributed by atoms with E-state index in [-0.39, 0.29) is 6.61 Å². The van der Waals surface area contributed by atoms with Gasteiger partial charge in [0.2, 0.25) is 0 Å². The van der Waals surface area contributed by atoms with Gasteiger partial charge in [-0.2, -0.15) is 0 Å². The van der Waals surface area contributed by atoms with Crippen LogP contribution in [0.5, 0.6) is 0 Å². The van der Waals surface area contributed by atoms with Gasteiger partial charge in [0.15, 0.2) is 0 Å². The molecule has 0 spiro atoms. The molecule has 1 atom stereocenters. The number of fused-ring (bicyclic) bond motifs is 1. The fourth-order valence-corrected chi connectivity index (χ4v) is 3.15. The van der Waals surface area contributed by atoms with Crippen LogP contribution in [-0.2, 0) is 18.4 Å². The highest BCUT2D eigenvalue weighted by Crippen LogP contribution is 2.34. The van der Waals surface area contributed by atoms with E-state index in [2.05, 4.69) is 6.07 Å². The molecule has 0 fully saturated rings. The first-order chi connectivity index (χ1) is 6.63. The molecule has 3 N–H and O–H groups in total. The smallest absolute Gasteiger partial charge is 0.0709 e. The van der Waals surface area contributed by atoms with Crippen LogP contribution >= 0.6 is 11.3 Å². The van der Waals surface area contributed by atoms with Crippen LogP contribution in [0.1, 0.15) is 35.1 Å². The van der Waals surface area contributed by atoms with Crippen molar-refractivity contribution in [2.24, 2.45) is 5.73 Å². The number of aliphatic hydroxyl groups is 1. The van der Waals surface area contributed by atoms with Crippen molar-refractivity contribution in [2.45, 2.75) is 38.1 Å². The molecular weight excluding hydrogens is 194 g/mol. The fourth-order valence-electron chi connectivity index (χ4n) is 1.85. The maximum Gasteiger partial charge on any atom is 0.0709 e. The van der Waals surface area contributed by atoms with Crippen molar-refractivity contribution in [2.75, 3.05) is 6.61 Å². The zero-order valence-electron chi connectivity index (χ0n) is 8.55. The van der Waals surface area contributed by atoms with Gasteiger partial charge >= 0.3 is 0 Å². The summed E-state index contributed by atoms with van der Waals surface area (Å²) in [6, 6.07) is 2.19. The lowest BCUT2D eigenvalue weighted by atomic mass is 9.96. The van der Waals surface area contributed by atoms with E-state index in [0.29, 0.717) is 0 Å². The maximum atomic E-state index is 9.19. The first-order valence-corrected chi connectivity index (χ1v) is 5.97. The number of aryl methyl sites for hydroxylation is 2. The van der Waals surface area contributed by atoms with E-state index in [0.717, 1.165) is 4.88 Å². The number of aliphatic hydroxyl groups excluding tert-OH is 1. The SMILES string of the molecule is CC(N)(CO)c1cc2c(s1)CCCC2. The summed E-state index contributed by atoms with van der Waals surface area (Å²) in [6.45, 7) is 1.91. The molecule has 0 bridgehead atoms. The lowest BCUT2D eigenvalue weighted by Crippen LogP contribution is -2.35. The minimum absolute atomic E-state index is 0.0202. The summed E-state index contributed by atoms with van der Waals surface area (Å²) in [5, 5.41) is 9.19. The summed E-state index contributed by atoms with van der Waals surface area (Å²) in [5.41, 5.74) is 6.92. The van der Waals surface area contributed by atoms with Gasteiger partial charge in [0, 0.05) is 9.75 Å². The first-order valence-electron chi connectivity index (χ1n) is 5.15. The predicted octanol–water partition coefficient (Wildman–Crippen LogP) is 1.79. The number of thiophene rings is 1. The predicted molar refractivity (Wildman–Crippen MR) is 59.6 cm³/mol. The molecule has 0 saturated heterocycles. The Labute approximate surface area is 88.8 Å². The topological polar surface area (TPSA) is 46.2 Å². The fraction of sp³-hybridized carbons (Fsp3) is 0.636. The second-order valence-electron chi connectivity index (χ2n) is 4.34. The van der Waals surface area contributed by atoms with Crippen LogP contribution in [-0.4, -0.2) is 11.7 Å². The third-order valence-corrected chi connectivity index (χ3v) is 4.40. The Morgan fingerprint density at radius 1 is 1.50 bits per heavy atom. The molecule has 1 aromatic heterocycles. The van der Waals surface area contributed by atoms with E-state index in [1.54, 1.807) is 11.3 Å². The van der Waals surface area contributed by atoms with Crippen molar-refractivity contribution in [1.29, 1.82) is 0 Å². The van der Waals surface area contributed by atoms with Crippen LogP contribution in [0.2, 0.25) is 0 Å². The molecule has 0 aromatic carbocycles. The van der Waals surface area contributed by atoms with E-state index in [1.807, 2.05) is 6.92 Å². The van der Waals surface area contributed by atoms with Gasteiger partial charge in [-0.3, -0.25) is 0 Å². The van der Waals surface area contributed by atoms with E-state index in [4.69, 9.17) is 5.73 Å². The van der Waals surface area contributed by atoms with Crippen LogP contribution < -0.4 is 5.73 Å². The molecule has 2 rings (SSSR count). The third kappa shape index (κ3) is 1.72. The number of hydrogen-bond donors (Lipinski definition) is 2. The lowest BCUT2D eigenvalue weighted by molar-refractivity contribution is 0.212. The Morgan fingerprint density at radius 2 is 2.21 bits per heavy atom. The van der Waals surface area contributed by atoms with Crippen molar-refractivity contribution >= 4 is 11.3 Å². The molecule has 0 aliphatic heterocycles. The van der Waals surface area contributed by atoms with Crippen molar-refractivity contribution in [3.63, 3.8) is 0 Å². The summed E-state index contributed by atoms with van der Waals surface area (Å²) in [7, 11) is 0. The van der Waals surface area contributed by atoms with Crippen LogP contribution in [0, 0.1) is 0 Å². The van der Waals surface area contributed by atoms with E-state index in [1.165, 1.54) is 36.1 Å². The summed E-state index contributed by atoms with van der Waals surface area (Å²) in [4.78, 5) is 2.61. The first kappa shape index (κ1) is 10.1. The quantitative estimate of drug-likeness (QED) is 0.783. The summed E-state index contributed by atoms with van der Waals surface area (Å²) < 4.78 is 0. The Bertz CT molecular complexity index is 307. The highest BCUT2D eigenvalue weighted by atomic mass is 32.1. The van der Waals surface area contributed by atoms with Crippen LogP contribution in [0.4, 0.5) is 0 Å². The second kappa shape index (κ2) is 3.65. The van der Waals surface area contributed by atoms with E-state index in [9.17, 15) is 5.11 Å². The summed E-state index contributed by atoms with van der Waals surface area (Å²) in [5.74, 6) is 0. The average molecular weight is 211 g/mol. The molecule has 1 heterocycles. The molecule has 3 heteroatoms. The third-order valence-electron chi connectivity index (χ3n) is 2.89. The van der Waals surface area contributed by atoms with Crippen LogP contribution in [0.3, 0.4) is 0 Å². The van der Waals surface area contributed by atoms with Gasteiger partial charge in [-0.15, -0.1) is 11.3 Å². The minimum Gasteiger partial charge on any atom is -0.394 e. The molecule has 0 amide bonds. The summed E-state index contributed by atoms with van der Waals surface area (Å²) in [6.07, 6.45) is 4.98. The number of nitrogens with two attached hydrogens (primary N) is 1. The number of rotatable bonds is 2. The van der Waals surface area contributed by atoms with E-state index < -0.39 is 5.54 Å². The van der Waals surface area contributed by atoms with Crippen molar-refractivity contribution < 1.29 is 5.11 Å². The molecule has 1 aromatic rings. The molecule has 1 unspecified atom stereocenters. The molecule has 78 valence electrons. The zero-order chi connectivity index (χ0) is 10.2. The van der Waals surface area contributed by atoms with E-state index >= 15 is 0 Å². The highest BCUT2D eigenvalue weighted by molar-refractivity contribution is 7.12. The largest absolute Gasteiger partial charge is 0.394 e. The highest BCUT2D eigenvalue weighted by Gasteiger charge is 2.24. The van der Waals surface area contributed by atoms with Gasteiger partial charge in [0.05, 0.1) is 12.1 Å². The molecule has 14 heavy (non-hydrogen) atoms. The Kier molecular flexibility index (Phi) is 2.64. The van der Waals surface area contributed by atoms with Crippen molar-refractivity contribution in [1.82, 2.24) is 0 Å². The number of hydrogen-bond acceptors (Lipinski definition) is 3. The molecule has 0 saturated carbocycles. The Morgan fingerprint density at radius 3 is 2.86 bits per heavy atom. The van der Waals surface area contributed by atoms with Gasteiger partial charge in [-0.05, 0) is 44.2 Å². The van der Waals surface area contributed by atoms with Gasteiger partial charge in [-0.1, -0.05) is 0 Å². The van der Waals surface area contributed by atoms with Crippen molar-refractivity contribution in [3.8, 4) is 0 Å². The van der Waals surface area contributed by atoms with Gasteiger partial charge in [-0.25, -0.2) is 0 Å². The summed E-state index contributed by atoms with van der Waals surface area (Å²) >= 11 is 1.78. The normalized spacial score (nSPS) is 20.2. The average Bonchev–Trinajstić information content (AvgIpc) is 2.61. The van der Waals surface area contributed by atoms with Crippen molar-refractivity contribution in [3.05, 3.63) is 21.4 Å². The molecule has 1 aliphatic carbocycles. The maximum absolute atomic E-state index is 9.19. The Hall–Kier alpha value is -0.380. The minimum atomic E-state index is -0.554. The lowest BCUT2D eigenvalue weighted by Gasteiger charge is -2.19. The monoisotopic (exact) mass is 211 g/mol. The molecular formula is C11H17NOS. The van der Waals surface area contributed by atoms with Gasteiger partial charge in [0.1, 0.15) is 0 Å². The zero-order valence-corrected chi connectivity index (χ0v) is 9.36. The Balaban J connectivity index is 2.32. The second-order valence-corrected chi connectivity index (χ2v) is 5.48. The van der Waals surface area contributed by atoms with Gasteiger partial charge < -0.3 is 10.8 Å². The molecule has 2 nitrogen and oxygen atoms in total.